The summed E-state index contributed by atoms with van der Waals surface area (Å²) in [6.45, 7) is 2.67. The first-order valence-electron chi connectivity index (χ1n) is 18.4. The molecule has 6 rings (SSSR count). The van der Waals surface area contributed by atoms with Crippen molar-refractivity contribution in [3.8, 4) is 5.75 Å². The summed E-state index contributed by atoms with van der Waals surface area (Å²) in [4.78, 5) is 32.9. The van der Waals surface area contributed by atoms with Gasteiger partial charge in [-0.15, -0.1) is 0 Å². The molecule has 0 radical (unpaired) electrons. The number of halogens is 3. The minimum atomic E-state index is -4.55. The Morgan fingerprint density at radius 3 is 2.17 bits per heavy atom. The van der Waals surface area contributed by atoms with Gasteiger partial charge in [0.2, 0.25) is 0 Å². The minimum Gasteiger partial charge on any atom is -0.497 e. The van der Waals surface area contributed by atoms with E-state index in [1.54, 1.807) is 34.5 Å². The van der Waals surface area contributed by atoms with Gasteiger partial charge in [-0.2, -0.15) is 13.2 Å². The van der Waals surface area contributed by atoms with Crippen molar-refractivity contribution >= 4 is 17.6 Å². The van der Waals surface area contributed by atoms with Crippen molar-refractivity contribution in [2.24, 2.45) is 11.8 Å². The average molecular weight is 732 g/mol. The topological polar surface area (TPSA) is 101 Å². The molecule has 52 heavy (non-hydrogen) atoms. The normalized spacial score (nSPS) is 29.1. The third kappa shape index (κ3) is 7.65. The summed E-state index contributed by atoms with van der Waals surface area (Å²) in [6, 6.07) is 11.9. The number of likely N-dealkylation sites (tertiary alicyclic amines) is 2. The van der Waals surface area contributed by atoms with E-state index in [9.17, 15) is 23.1 Å². The Balaban J connectivity index is 1.32. The van der Waals surface area contributed by atoms with E-state index < -0.39 is 29.2 Å². The molecular weight excluding hydrogens is 679 g/mol. The third-order valence-electron chi connectivity index (χ3n) is 12.2. The van der Waals surface area contributed by atoms with Gasteiger partial charge in [0, 0.05) is 90.1 Å². The molecule has 4 fully saturated rings. The number of anilines is 1. The molecule has 1 aliphatic carbocycles. The van der Waals surface area contributed by atoms with E-state index in [4.69, 9.17) is 18.9 Å². The standard InChI is InChI=1S/C39H52F3N3O7/c1-49-23-27-20-44(21-33(27)32-14-7-28(39(40,41)42)19-35(32)43-17-15-26(16-18-43)36(46)47)37(48)38(52-4)24-45(29-8-12-31(51-3)13-9-29)22-34(38)25-5-10-30(50-2)11-6-25/h5-7,10-11,14,19,26-27,29,31,33-34H,8-9,12-13,15-18,20-24H2,1-4H3,(H,46,47)/t27-,29-,31-,33+,34+,38+/m1/s1. The lowest BCUT2D eigenvalue weighted by Crippen LogP contribution is -2.55. The lowest BCUT2D eigenvalue weighted by Gasteiger charge is -2.37. The fourth-order valence-electron chi connectivity index (χ4n) is 9.22. The minimum absolute atomic E-state index is 0.136. The van der Waals surface area contributed by atoms with Gasteiger partial charge in [-0.3, -0.25) is 14.5 Å². The van der Waals surface area contributed by atoms with Gasteiger partial charge in [0.1, 0.15) is 5.75 Å². The quantitative estimate of drug-likeness (QED) is 0.315. The third-order valence-corrected chi connectivity index (χ3v) is 12.2. The summed E-state index contributed by atoms with van der Waals surface area (Å²) < 4.78 is 65.3. The molecule has 0 bridgehead atoms. The number of amides is 1. The van der Waals surface area contributed by atoms with E-state index >= 15 is 4.79 Å². The molecule has 1 saturated carbocycles. The number of hydrogen-bond donors (Lipinski definition) is 1. The van der Waals surface area contributed by atoms with E-state index in [0.29, 0.717) is 63.4 Å². The molecule has 4 aliphatic rings. The van der Waals surface area contributed by atoms with Crippen LogP contribution in [-0.2, 0) is 30.0 Å². The van der Waals surface area contributed by atoms with Gasteiger partial charge >= 0.3 is 12.1 Å². The van der Waals surface area contributed by atoms with Crippen molar-refractivity contribution in [1.82, 2.24) is 9.80 Å². The van der Waals surface area contributed by atoms with Crippen LogP contribution in [0, 0.1) is 11.8 Å². The summed E-state index contributed by atoms with van der Waals surface area (Å²) in [7, 11) is 6.57. The number of carboxylic acid groups (broad SMARTS) is 1. The zero-order valence-electron chi connectivity index (χ0n) is 30.6. The second-order valence-corrected chi connectivity index (χ2v) is 14.9. The Bertz CT molecular complexity index is 1540. The summed E-state index contributed by atoms with van der Waals surface area (Å²) in [6.07, 6.45) is 0.206. The predicted octanol–water partition coefficient (Wildman–Crippen LogP) is 5.65. The van der Waals surface area contributed by atoms with Crippen LogP contribution >= 0.6 is 0 Å². The summed E-state index contributed by atoms with van der Waals surface area (Å²) in [5, 5.41) is 9.56. The molecule has 4 atom stereocenters. The molecule has 10 nitrogen and oxygen atoms in total. The smallest absolute Gasteiger partial charge is 0.416 e. The largest absolute Gasteiger partial charge is 0.497 e. The monoisotopic (exact) mass is 731 g/mol. The maximum Gasteiger partial charge on any atom is 0.416 e. The van der Waals surface area contributed by atoms with Crippen molar-refractivity contribution in [3.05, 3.63) is 59.2 Å². The molecule has 286 valence electrons. The van der Waals surface area contributed by atoms with Gasteiger partial charge in [-0.05, 0) is 73.9 Å². The van der Waals surface area contributed by atoms with Gasteiger partial charge < -0.3 is 33.9 Å². The van der Waals surface area contributed by atoms with Crippen LogP contribution in [0.3, 0.4) is 0 Å². The first-order chi connectivity index (χ1) is 24.9. The predicted molar refractivity (Wildman–Crippen MR) is 189 cm³/mol. The molecule has 3 aliphatic heterocycles. The number of carbonyl (C=O) groups is 2. The van der Waals surface area contributed by atoms with Crippen LogP contribution in [0.5, 0.6) is 5.75 Å². The van der Waals surface area contributed by atoms with Gasteiger partial charge in [-0.1, -0.05) is 18.2 Å². The van der Waals surface area contributed by atoms with Gasteiger partial charge in [-0.25, -0.2) is 0 Å². The highest BCUT2D eigenvalue weighted by molar-refractivity contribution is 5.88. The maximum absolute atomic E-state index is 15.1. The van der Waals surface area contributed by atoms with E-state index in [0.717, 1.165) is 43.1 Å². The summed E-state index contributed by atoms with van der Waals surface area (Å²) in [5.41, 5.74) is 0.173. The number of ether oxygens (including phenoxy) is 4. The number of aliphatic carboxylic acids is 1. The molecule has 2 aromatic rings. The van der Waals surface area contributed by atoms with Gasteiger partial charge in [0.05, 0.1) is 31.3 Å². The van der Waals surface area contributed by atoms with Crippen molar-refractivity contribution in [3.63, 3.8) is 0 Å². The lowest BCUT2D eigenvalue weighted by atomic mass is 9.83. The summed E-state index contributed by atoms with van der Waals surface area (Å²) >= 11 is 0. The number of alkyl halides is 3. The van der Waals surface area contributed by atoms with Crippen LogP contribution in [0.25, 0.3) is 0 Å². The molecule has 0 spiro atoms. The van der Waals surface area contributed by atoms with Crippen LogP contribution in [-0.4, -0.2) is 119 Å². The fraction of sp³-hybridized carbons (Fsp3) is 0.641. The van der Waals surface area contributed by atoms with E-state index in [2.05, 4.69) is 4.90 Å². The number of piperidine rings is 1. The Hall–Kier alpha value is -3.39. The SMILES string of the molecule is COC[C@H]1CN(C(=O)[C@]2(OC)CN([C@H]3CC[C@H](OC)CC3)C[C@H]2c2ccc(OC)cc2)C[C@@H]1c1ccc(C(F)(F)F)cc1N1CCC(C(=O)O)CC1. The van der Waals surface area contributed by atoms with E-state index in [-0.39, 0.29) is 42.4 Å². The van der Waals surface area contributed by atoms with Crippen molar-refractivity contribution < 1.29 is 46.8 Å². The second kappa shape index (κ2) is 15.9. The van der Waals surface area contributed by atoms with Crippen molar-refractivity contribution in [2.75, 3.05) is 79.2 Å². The highest BCUT2D eigenvalue weighted by Gasteiger charge is 2.57. The molecule has 1 amide bonds. The van der Waals surface area contributed by atoms with Crippen molar-refractivity contribution in [2.45, 2.75) is 74.3 Å². The Labute approximate surface area is 304 Å². The Morgan fingerprint density at radius 1 is 0.904 bits per heavy atom. The van der Waals surface area contributed by atoms with Gasteiger partial charge in [0.15, 0.2) is 5.60 Å². The number of benzene rings is 2. The zero-order chi connectivity index (χ0) is 37.2. The number of nitrogens with zero attached hydrogens (tertiary/aromatic N) is 3. The van der Waals surface area contributed by atoms with Crippen molar-refractivity contribution in [1.29, 1.82) is 0 Å². The number of hydrogen-bond acceptors (Lipinski definition) is 8. The van der Waals surface area contributed by atoms with Crippen LogP contribution < -0.4 is 9.64 Å². The first kappa shape index (κ1) is 38.3. The number of rotatable bonds is 11. The zero-order valence-corrected chi connectivity index (χ0v) is 30.6. The first-order valence-corrected chi connectivity index (χ1v) is 18.4. The van der Waals surface area contributed by atoms with E-state index in [1.165, 1.54) is 6.07 Å². The second-order valence-electron chi connectivity index (χ2n) is 14.9. The summed E-state index contributed by atoms with van der Waals surface area (Å²) in [5.74, 6) is -1.60. The Morgan fingerprint density at radius 2 is 1.60 bits per heavy atom. The number of carbonyl (C=O) groups excluding carboxylic acids is 1. The highest BCUT2D eigenvalue weighted by atomic mass is 19.4. The van der Waals surface area contributed by atoms with Crippen LogP contribution in [0.1, 0.15) is 67.1 Å². The molecule has 3 heterocycles. The van der Waals surface area contributed by atoms with E-state index in [1.807, 2.05) is 34.1 Å². The molecule has 2 aromatic carbocycles. The molecule has 0 unspecified atom stereocenters. The highest BCUT2D eigenvalue weighted by Crippen LogP contribution is 2.47. The molecule has 0 aromatic heterocycles. The number of methoxy groups -OCH3 is 4. The molecular formula is C39H52F3N3O7. The average Bonchev–Trinajstić information content (AvgIpc) is 3.77. The van der Waals surface area contributed by atoms with Crippen LogP contribution in [0.4, 0.5) is 18.9 Å². The van der Waals surface area contributed by atoms with Crippen LogP contribution in [0.15, 0.2) is 42.5 Å². The van der Waals surface area contributed by atoms with Gasteiger partial charge in [0.25, 0.3) is 5.91 Å². The molecule has 1 N–H and O–H groups in total. The fourth-order valence-corrected chi connectivity index (χ4v) is 9.22. The Kier molecular flexibility index (Phi) is 11.7. The molecule has 13 heteroatoms. The molecule has 3 saturated heterocycles. The van der Waals surface area contributed by atoms with Crippen LogP contribution in [0.2, 0.25) is 0 Å². The maximum atomic E-state index is 15.1. The number of carboxylic acids is 1. The lowest BCUT2D eigenvalue weighted by molar-refractivity contribution is -0.154.